The van der Waals surface area contributed by atoms with Crippen LogP contribution in [0, 0.1) is 35.9 Å². The van der Waals surface area contributed by atoms with Gasteiger partial charge >= 0.3 is 5.97 Å². The van der Waals surface area contributed by atoms with Gasteiger partial charge in [0.25, 0.3) is 0 Å². The molecule has 2 atom stereocenters. The predicted octanol–water partition coefficient (Wildman–Crippen LogP) is 5.29. The molecule has 1 aliphatic carbocycles. The number of nitrogens with zero attached hydrogens (tertiary/aromatic N) is 2. The van der Waals surface area contributed by atoms with Crippen LogP contribution in [-0.4, -0.2) is 27.3 Å². The van der Waals surface area contributed by atoms with E-state index in [1.807, 2.05) is 13.0 Å². The van der Waals surface area contributed by atoms with Gasteiger partial charge in [-0.3, -0.25) is 9.59 Å². The zero-order valence-electron chi connectivity index (χ0n) is 20.8. The zero-order valence-corrected chi connectivity index (χ0v) is 20.8. The van der Waals surface area contributed by atoms with E-state index in [0.29, 0.717) is 31.2 Å². The lowest BCUT2D eigenvalue weighted by Gasteiger charge is -2.43. The second kappa shape index (κ2) is 9.93. The van der Waals surface area contributed by atoms with E-state index in [2.05, 4.69) is 16.0 Å². The third-order valence-electron chi connectivity index (χ3n) is 7.98. The number of ether oxygens (including phenoxy) is 1. The number of aromatic nitrogens is 2. The van der Waals surface area contributed by atoms with Crippen LogP contribution in [0.15, 0.2) is 24.5 Å². The summed E-state index contributed by atoms with van der Waals surface area (Å²) in [7, 11) is 0. The Hall–Kier alpha value is -3.01. The number of ketones is 1. The molecule has 1 N–H and O–H groups in total. The first-order valence-corrected chi connectivity index (χ1v) is 12.6. The van der Waals surface area contributed by atoms with Crippen LogP contribution in [0.25, 0.3) is 0 Å². The molecule has 7 heteroatoms. The minimum atomic E-state index is -0.914. The van der Waals surface area contributed by atoms with E-state index in [4.69, 9.17) is 4.74 Å². The van der Waals surface area contributed by atoms with Crippen molar-refractivity contribution in [3.63, 3.8) is 0 Å². The van der Waals surface area contributed by atoms with E-state index in [1.54, 1.807) is 26.2 Å². The molecule has 0 radical (unpaired) electrons. The van der Waals surface area contributed by atoms with Crippen molar-refractivity contribution in [1.29, 1.82) is 5.26 Å². The summed E-state index contributed by atoms with van der Waals surface area (Å²) in [6.07, 6.45) is 7.75. The highest BCUT2D eigenvalue weighted by Gasteiger charge is 2.51. The molecule has 4 rings (SSSR count). The number of carbonyl (C=O) groups is 2. The number of cyclic esters (lactones) is 1. The maximum absolute atomic E-state index is 14.8. The summed E-state index contributed by atoms with van der Waals surface area (Å²) in [5, 5.41) is 9.34. The molecule has 0 amide bonds. The first-order chi connectivity index (χ1) is 16.6. The van der Waals surface area contributed by atoms with Crippen molar-refractivity contribution in [2.75, 3.05) is 0 Å². The number of halogens is 1. The molecule has 186 valence electrons. The Morgan fingerprint density at radius 1 is 1.26 bits per heavy atom. The Kier molecular flexibility index (Phi) is 7.12. The van der Waals surface area contributed by atoms with Crippen molar-refractivity contribution < 1.29 is 18.7 Å². The van der Waals surface area contributed by atoms with Gasteiger partial charge in [0, 0.05) is 17.7 Å². The molecule has 2 aliphatic rings. The molecule has 1 saturated heterocycles. The highest BCUT2D eigenvalue weighted by Crippen LogP contribution is 2.45. The van der Waals surface area contributed by atoms with Crippen molar-refractivity contribution >= 4 is 11.8 Å². The number of nitriles is 1. The molecule has 2 heterocycles. The molecule has 0 spiro atoms. The van der Waals surface area contributed by atoms with Gasteiger partial charge in [0.15, 0.2) is 5.78 Å². The van der Waals surface area contributed by atoms with E-state index in [9.17, 15) is 19.2 Å². The fourth-order valence-corrected chi connectivity index (χ4v) is 5.72. The van der Waals surface area contributed by atoms with Crippen LogP contribution in [0.4, 0.5) is 4.39 Å². The highest BCUT2D eigenvalue weighted by molar-refractivity contribution is 6.01. The van der Waals surface area contributed by atoms with Gasteiger partial charge in [0.1, 0.15) is 17.3 Å². The number of Topliss-reactive ketones (excluding diaryl/α,β-unsaturated/α-hetero) is 1. The molecule has 1 aromatic heterocycles. The molecular formula is C28H34FN3O3. The minimum Gasteiger partial charge on any atom is -0.458 e. The lowest BCUT2D eigenvalue weighted by molar-refractivity contribution is -0.186. The second-order valence-corrected chi connectivity index (χ2v) is 10.7. The minimum absolute atomic E-state index is 0.0568. The molecule has 1 aliphatic heterocycles. The van der Waals surface area contributed by atoms with Gasteiger partial charge in [-0.25, -0.2) is 9.37 Å². The van der Waals surface area contributed by atoms with Crippen molar-refractivity contribution in [1.82, 2.24) is 9.97 Å². The van der Waals surface area contributed by atoms with Crippen LogP contribution in [0.3, 0.4) is 0 Å². The molecule has 0 bridgehead atoms. The van der Waals surface area contributed by atoms with Crippen molar-refractivity contribution in [2.45, 2.75) is 89.6 Å². The van der Waals surface area contributed by atoms with Crippen molar-refractivity contribution in [2.24, 2.45) is 11.8 Å². The SMILES string of the molecule is Cc1[nH]cnc1CCC1C(=O)CC(CCc2ccc(C(C)(C)C#N)c(F)c2)(C2CCCC2)OC1=O. The van der Waals surface area contributed by atoms with E-state index in [1.165, 1.54) is 6.07 Å². The standard InChI is InChI=1S/C28H34FN3O3/c1-18-24(32-17-31-18)11-9-21-25(33)15-28(35-26(21)34,20-6-4-5-7-20)13-12-19-8-10-22(23(29)14-19)27(2,3)16-30/h8,10,14,17,20-21H,4-7,9,11-13,15H2,1-3H3,(H,31,32). The number of hydrogen-bond acceptors (Lipinski definition) is 5. The summed E-state index contributed by atoms with van der Waals surface area (Å²) in [6, 6.07) is 7.11. The maximum atomic E-state index is 14.8. The Bertz CT molecular complexity index is 1120. The number of H-pyrrole nitrogens is 1. The normalized spacial score (nSPS) is 23.3. The number of rotatable bonds is 8. The molecule has 35 heavy (non-hydrogen) atoms. The topological polar surface area (TPSA) is 95.8 Å². The second-order valence-electron chi connectivity index (χ2n) is 10.7. The van der Waals surface area contributed by atoms with E-state index < -0.39 is 28.7 Å². The first kappa shape index (κ1) is 25.1. The number of esters is 1. The van der Waals surface area contributed by atoms with Crippen LogP contribution < -0.4 is 0 Å². The summed E-state index contributed by atoms with van der Waals surface area (Å²) in [6.45, 7) is 5.30. The average molecular weight is 480 g/mol. The fourth-order valence-electron chi connectivity index (χ4n) is 5.72. The number of nitrogens with one attached hydrogen (secondary N) is 1. The van der Waals surface area contributed by atoms with E-state index in [-0.39, 0.29) is 18.1 Å². The van der Waals surface area contributed by atoms with Crippen molar-refractivity contribution in [3.8, 4) is 6.07 Å². The van der Waals surface area contributed by atoms with Gasteiger partial charge < -0.3 is 9.72 Å². The van der Waals surface area contributed by atoms with Gasteiger partial charge in [0.05, 0.1) is 23.5 Å². The van der Waals surface area contributed by atoms with Crippen LogP contribution >= 0.6 is 0 Å². The van der Waals surface area contributed by atoms with Gasteiger partial charge in [-0.1, -0.05) is 25.0 Å². The monoisotopic (exact) mass is 479 g/mol. The lowest BCUT2D eigenvalue weighted by atomic mass is 9.73. The summed E-state index contributed by atoms with van der Waals surface area (Å²) in [4.78, 5) is 33.7. The molecule has 6 nitrogen and oxygen atoms in total. The van der Waals surface area contributed by atoms with Crippen LogP contribution in [0.2, 0.25) is 0 Å². The Labute approximate surface area is 206 Å². The number of imidazole rings is 1. The number of benzene rings is 1. The molecular weight excluding hydrogens is 445 g/mol. The van der Waals surface area contributed by atoms with E-state index in [0.717, 1.165) is 42.6 Å². The Balaban J connectivity index is 1.49. The summed E-state index contributed by atoms with van der Waals surface area (Å²) < 4.78 is 21.0. The highest BCUT2D eigenvalue weighted by atomic mass is 19.1. The average Bonchev–Trinajstić information content (AvgIpc) is 3.50. The summed E-state index contributed by atoms with van der Waals surface area (Å²) in [5.41, 5.74) is 1.20. The molecule has 2 fully saturated rings. The maximum Gasteiger partial charge on any atom is 0.317 e. The largest absolute Gasteiger partial charge is 0.458 e. The number of aromatic amines is 1. The van der Waals surface area contributed by atoms with Gasteiger partial charge in [-0.05, 0) is 76.8 Å². The number of carbonyl (C=O) groups excluding carboxylic acids is 2. The lowest BCUT2D eigenvalue weighted by Crippen LogP contribution is -2.51. The fraction of sp³-hybridized carbons (Fsp3) is 0.571. The van der Waals surface area contributed by atoms with Gasteiger partial charge in [-0.2, -0.15) is 5.26 Å². The third kappa shape index (κ3) is 5.17. The van der Waals surface area contributed by atoms with Crippen LogP contribution in [0.1, 0.15) is 81.3 Å². The Morgan fingerprint density at radius 3 is 2.60 bits per heavy atom. The quantitative estimate of drug-likeness (QED) is 0.410. The number of hydrogen-bond donors (Lipinski definition) is 1. The summed E-state index contributed by atoms with van der Waals surface area (Å²) in [5.74, 6) is -1.51. The van der Waals surface area contributed by atoms with Crippen LogP contribution in [0.5, 0.6) is 0 Å². The molecule has 1 saturated carbocycles. The summed E-state index contributed by atoms with van der Waals surface area (Å²) >= 11 is 0. The van der Waals surface area contributed by atoms with Gasteiger partial charge in [-0.15, -0.1) is 0 Å². The van der Waals surface area contributed by atoms with Crippen LogP contribution in [-0.2, 0) is 32.6 Å². The smallest absolute Gasteiger partial charge is 0.317 e. The first-order valence-electron chi connectivity index (χ1n) is 12.6. The molecule has 1 aromatic carbocycles. The predicted molar refractivity (Wildman–Crippen MR) is 129 cm³/mol. The van der Waals surface area contributed by atoms with Gasteiger partial charge in [0.2, 0.25) is 0 Å². The zero-order chi connectivity index (χ0) is 25.2. The number of aryl methyl sites for hydroxylation is 3. The van der Waals surface area contributed by atoms with E-state index >= 15 is 0 Å². The Morgan fingerprint density at radius 2 is 2.00 bits per heavy atom. The third-order valence-corrected chi connectivity index (χ3v) is 7.98. The molecule has 2 aromatic rings. The van der Waals surface area contributed by atoms with Crippen molar-refractivity contribution in [3.05, 3.63) is 52.9 Å². The molecule has 2 unspecified atom stereocenters.